The molecule has 0 unspecified atom stereocenters. The van der Waals surface area contributed by atoms with E-state index < -0.39 is 12.1 Å². The van der Waals surface area contributed by atoms with Crippen molar-refractivity contribution in [2.24, 2.45) is 0 Å². The number of fused-ring (bicyclic) bond motifs is 3. The normalized spacial score (nSPS) is 18.2. The van der Waals surface area contributed by atoms with Crippen LogP contribution in [0, 0.1) is 5.82 Å². The summed E-state index contributed by atoms with van der Waals surface area (Å²) in [4.78, 5) is 4.42. The second kappa shape index (κ2) is 7.91. The van der Waals surface area contributed by atoms with Gasteiger partial charge in [-0.1, -0.05) is 36.4 Å². The van der Waals surface area contributed by atoms with Crippen LogP contribution in [-0.4, -0.2) is 29.0 Å². The molecule has 0 radical (unpaired) electrons. The molecule has 0 aliphatic carbocycles. The highest BCUT2D eigenvalue weighted by Crippen LogP contribution is 2.51. The number of hydrogen-bond acceptors (Lipinski definition) is 6. The zero-order chi connectivity index (χ0) is 23.2. The van der Waals surface area contributed by atoms with Gasteiger partial charge in [0.15, 0.2) is 17.6 Å². The lowest BCUT2D eigenvalue weighted by Crippen LogP contribution is -2.32. The summed E-state index contributed by atoms with van der Waals surface area (Å²) < 4.78 is 34.3. The number of benzene rings is 3. The molecule has 2 aliphatic rings. The van der Waals surface area contributed by atoms with Crippen molar-refractivity contribution in [3.8, 4) is 17.2 Å². The molecule has 0 saturated carbocycles. The van der Waals surface area contributed by atoms with E-state index in [0.717, 1.165) is 22.4 Å². The molecular weight excluding hydrogens is 435 g/mol. The van der Waals surface area contributed by atoms with Gasteiger partial charge in [-0.3, -0.25) is 0 Å². The van der Waals surface area contributed by atoms with Crippen LogP contribution in [0.5, 0.6) is 17.2 Å². The number of halogens is 1. The van der Waals surface area contributed by atoms with Gasteiger partial charge in [-0.25, -0.2) is 9.07 Å². The molecule has 2 atom stereocenters. The number of rotatable bonds is 4. The topological polar surface area (TPSA) is 70.4 Å². The summed E-state index contributed by atoms with van der Waals surface area (Å²) in [6, 6.07) is 19.7. The second-order valence-corrected chi connectivity index (χ2v) is 8.02. The molecular formula is C26H21FN4O3. The second-order valence-electron chi connectivity index (χ2n) is 8.02. The van der Waals surface area contributed by atoms with Gasteiger partial charge >= 0.3 is 0 Å². The zero-order valence-corrected chi connectivity index (χ0v) is 18.5. The van der Waals surface area contributed by atoms with Crippen molar-refractivity contribution in [2.45, 2.75) is 12.1 Å². The van der Waals surface area contributed by atoms with Gasteiger partial charge in [-0.2, -0.15) is 10.1 Å². The Labute approximate surface area is 195 Å². The van der Waals surface area contributed by atoms with Gasteiger partial charge in [0.1, 0.15) is 23.9 Å². The van der Waals surface area contributed by atoms with E-state index in [4.69, 9.17) is 14.2 Å². The van der Waals surface area contributed by atoms with Crippen molar-refractivity contribution in [2.75, 3.05) is 19.5 Å². The minimum absolute atomic E-state index is 0.339. The van der Waals surface area contributed by atoms with Crippen LogP contribution in [0.25, 0.3) is 5.70 Å². The van der Waals surface area contributed by atoms with Gasteiger partial charge < -0.3 is 19.5 Å². The Morgan fingerprint density at radius 2 is 1.76 bits per heavy atom. The third-order valence-corrected chi connectivity index (χ3v) is 6.23. The van der Waals surface area contributed by atoms with Crippen LogP contribution in [-0.2, 0) is 0 Å². The van der Waals surface area contributed by atoms with Crippen LogP contribution in [0.15, 0.2) is 78.6 Å². The van der Waals surface area contributed by atoms with E-state index in [1.54, 1.807) is 31.0 Å². The highest BCUT2D eigenvalue weighted by molar-refractivity contribution is 5.85. The predicted octanol–water partition coefficient (Wildman–Crippen LogP) is 4.99. The summed E-state index contributed by atoms with van der Waals surface area (Å²) in [6.07, 6.45) is 0.813. The average Bonchev–Trinajstić information content (AvgIpc) is 3.35. The van der Waals surface area contributed by atoms with Crippen LogP contribution in [0.4, 0.5) is 10.3 Å². The molecule has 34 heavy (non-hydrogen) atoms. The quantitative estimate of drug-likeness (QED) is 0.466. The van der Waals surface area contributed by atoms with E-state index in [0.29, 0.717) is 28.8 Å². The maximum absolute atomic E-state index is 15.1. The number of para-hydroxylation sites is 1. The molecule has 7 nitrogen and oxygen atoms in total. The zero-order valence-electron chi connectivity index (χ0n) is 18.5. The minimum atomic E-state index is -0.686. The first-order chi connectivity index (χ1) is 16.7. The third kappa shape index (κ3) is 3.02. The lowest BCUT2D eigenvalue weighted by Gasteiger charge is -2.39. The molecule has 6 rings (SSSR count). The molecule has 1 N–H and O–H groups in total. The van der Waals surface area contributed by atoms with E-state index >= 15 is 4.39 Å². The number of aromatic nitrogens is 3. The first-order valence-electron chi connectivity index (χ1n) is 10.8. The maximum atomic E-state index is 15.1. The van der Waals surface area contributed by atoms with Gasteiger partial charge in [0.25, 0.3) is 0 Å². The van der Waals surface area contributed by atoms with Crippen LogP contribution < -0.4 is 19.5 Å². The Balaban J connectivity index is 1.63. The monoisotopic (exact) mass is 456 g/mol. The number of methoxy groups -OCH3 is 2. The van der Waals surface area contributed by atoms with Gasteiger partial charge in [0, 0.05) is 16.7 Å². The minimum Gasteiger partial charge on any atom is -0.493 e. The summed E-state index contributed by atoms with van der Waals surface area (Å²) in [5.74, 6) is 2.11. The van der Waals surface area contributed by atoms with Gasteiger partial charge in [0.05, 0.1) is 19.9 Å². The smallest absolute Gasteiger partial charge is 0.226 e. The lowest BCUT2D eigenvalue weighted by atomic mass is 9.84. The highest BCUT2D eigenvalue weighted by atomic mass is 19.1. The summed E-state index contributed by atoms with van der Waals surface area (Å²) in [5.41, 5.74) is 3.86. The number of nitrogens with one attached hydrogen (secondary N) is 1. The SMILES string of the molecule is COc1ccc([C@@H]2C3=C(Nc4ncnn42)c2ccccc2O[C@H]3c2ccccc2F)cc1OC. The molecule has 8 heteroatoms. The molecule has 0 spiro atoms. The Bertz CT molecular complexity index is 1430. The number of nitrogens with zero attached hydrogens (tertiary/aromatic N) is 3. The maximum Gasteiger partial charge on any atom is 0.226 e. The van der Waals surface area contributed by atoms with Crippen LogP contribution >= 0.6 is 0 Å². The van der Waals surface area contributed by atoms with E-state index in [2.05, 4.69) is 15.4 Å². The Hall–Kier alpha value is -4.33. The largest absolute Gasteiger partial charge is 0.493 e. The molecule has 170 valence electrons. The van der Waals surface area contributed by atoms with Crippen molar-refractivity contribution in [1.29, 1.82) is 0 Å². The molecule has 2 aliphatic heterocycles. The number of hydrogen-bond donors (Lipinski definition) is 1. The fraction of sp³-hybridized carbons (Fsp3) is 0.154. The van der Waals surface area contributed by atoms with Crippen LogP contribution in [0.3, 0.4) is 0 Å². The van der Waals surface area contributed by atoms with E-state index in [1.165, 1.54) is 12.4 Å². The Kier molecular flexibility index (Phi) is 4.72. The molecule has 0 fully saturated rings. The van der Waals surface area contributed by atoms with Gasteiger partial charge in [-0.05, 0) is 35.9 Å². The molecule has 0 amide bonds. The van der Waals surface area contributed by atoms with Gasteiger partial charge in [0.2, 0.25) is 5.95 Å². The highest BCUT2D eigenvalue weighted by Gasteiger charge is 2.41. The first-order valence-corrected chi connectivity index (χ1v) is 10.8. The van der Waals surface area contributed by atoms with Crippen molar-refractivity contribution in [3.05, 3.63) is 101 Å². The summed E-state index contributed by atoms with van der Waals surface area (Å²) >= 11 is 0. The Morgan fingerprint density at radius 3 is 2.59 bits per heavy atom. The number of anilines is 1. The lowest BCUT2D eigenvalue weighted by molar-refractivity contribution is 0.218. The molecule has 3 heterocycles. The first kappa shape index (κ1) is 20.3. The predicted molar refractivity (Wildman–Crippen MR) is 124 cm³/mol. The van der Waals surface area contributed by atoms with Crippen molar-refractivity contribution in [1.82, 2.24) is 14.8 Å². The van der Waals surface area contributed by atoms with Crippen LogP contribution in [0.2, 0.25) is 0 Å². The van der Waals surface area contributed by atoms with Crippen LogP contribution in [0.1, 0.15) is 28.8 Å². The summed E-state index contributed by atoms with van der Waals surface area (Å²) in [5, 5.41) is 7.91. The molecule has 0 saturated heterocycles. The third-order valence-electron chi connectivity index (χ3n) is 6.23. The summed E-state index contributed by atoms with van der Waals surface area (Å²) in [6.45, 7) is 0. The molecule has 1 aromatic heterocycles. The standard InChI is InChI=1S/C26H21FN4O3/c1-32-20-12-11-15(13-21(20)33-2)24-22-23(30-26-28-14-29-31(24)26)17-8-4-6-10-19(17)34-25(22)16-7-3-5-9-18(16)27/h3-14,24-25H,1-2H3,(H,28,29,30)/t24-,25+/m1/s1. The average molecular weight is 456 g/mol. The van der Waals surface area contributed by atoms with E-state index in [-0.39, 0.29) is 5.82 Å². The molecule has 3 aromatic carbocycles. The fourth-order valence-electron chi connectivity index (χ4n) is 4.71. The fourth-order valence-corrected chi connectivity index (χ4v) is 4.71. The van der Waals surface area contributed by atoms with Crippen molar-refractivity contribution < 1.29 is 18.6 Å². The number of ether oxygens (including phenoxy) is 3. The van der Waals surface area contributed by atoms with Gasteiger partial charge in [-0.15, -0.1) is 0 Å². The van der Waals surface area contributed by atoms with E-state index in [1.807, 2.05) is 48.5 Å². The van der Waals surface area contributed by atoms with Crippen molar-refractivity contribution >= 4 is 11.6 Å². The summed E-state index contributed by atoms with van der Waals surface area (Å²) in [7, 11) is 3.19. The van der Waals surface area contributed by atoms with Crippen molar-refractivity contribution in [3.63, 3.8) is 0 Å². The molecule has 0 bridgehead atoms. The Morgan fingerprint density at radius 1 is 0.971 bits per heavy atom. The van der Waals surface area contributed by atoms with E-state index in [9.17, 15) is 0 Å². The molecule has 4 aromatic rings.